The average Bonchev–Trinajstić information content (AvgIpc) is 3.16. The summed E-state index contributed by atoms with van der Waals surface area (Å²) in [5, 5.41) is 0. The third-order valence-electron chi connectivity index (χ3n) is 7.42. The van der Waals surface area contributed by atoms with Crippen LogP contribution in [0.1, 0.15) is 49.9 Å². The quantitative estimate of drug-likeness (QED) is 0.0774. The van der Waals surface area contributed by atoms with E-state index in [4.69, 9.17) is 9.47 Å². The molecule has 4 aromatic rings. The van der Waals surface area contributed by atoms with Gasteiger partial charge in [0, 0.05) is 0 Å². The Labute approximate surface area is 329 Å². The lowest BCUT2D eigenvalue weighted by molar-refractivity contribution is 0.0807. The van der Waals surface area contributed by atoms with Crippen LogP contribution in [0.25, 0.3) is 0 Å². The molecule has 0 bridgehead atoms. The van der Waals surface area contributed by atoms with Gasteiger partial charge in [0.1, 0.15) is 0 Å². The largest absolute Gasteiger partial charge is 0.515 e. The Hall–Kier alpha value is -6.04. The Morgan fingerprint density at radius 2 is 0.821 bits per heavy atom. The molecule has 0 aliphatic heterocycles. The van der Waals surface area contributed by atoms with Crippen LogP contribution >= 0.6 is 0 Å². The Bertz CT molecular complexity index is 2140. The van der Waals surface area contributed by atoms with E-state index >= 15 is 0 Å². The van der Waals surface area contributed by atoms with Crippen molar-refractivity contribution in [3.05, 3.63) is 166 Å². The summed E-state index contributed by atoms with van der Waals surface area (Å²) in [6.45, 7) is 10.5. The fourth-order valence-electron chi connectivity index (χ4n) is 4.65. The summed E-state index contributed by atoms with van der Waals surface area (Å²) in [6.07, 6.45) is -2.05. The molecule has 4 aromatic carbocycles. The van der Waals surface area contributed by atoms with Crippen molar-refractivity contribution in [2.45, 2.75) is 64.4 Å². The molecule has 0 atom stereocenters. The maximum absolute atomic E-state index is 13.4. The number of aryl methyl sites for hydroxylation is 2. The van der Waals surface area contributed by atoms with Gasteiger partial charge in [0.25, 0.3) is 31.8 Å². The van der Waals surface area contributed by atoms with E-state index in [0.717, 1.165) is 45.1 Å². The molecule has 56 heavy (non-hydrogen) atoms. The Morgan fingerprint density at radius 3 is 1.09 bits per heavy atom. The minimum Gasteiger partial charge on any atom is -0.437 e. The smallest absolute Gasteiger partial charge is 0.437 e. The zero-order chi connectivity index (χ0) is 41.5. The molecule has 12 nitrogen and oxygen atoms in total. The molecule has 0 aliphatic carbocycles. The third kappa shape index (κ3) is 13.1. The van der Waals surface area contributed by atoms with E-state index in [1.165, 1.54) is 24.3 Å². The summed E-state index contributed by atoms with van der Waals surface area (Å²) in [5.74, 6) is -0.507. The monoisotopic (exact) mass is 802 g/mol. The number of hydrogen-bond donors (Lipinski definition) is 0. The normalized spacial score (nSPS) is 10.6. The van der Waals surface area contributed by atoms with Crippen LogP contribution in [0.2, 0.25) is 0 Å². The molecule has 296 valence electrons. The van der Waals surface area contributed by atoms with Gasteiger partial charge in [-0.25, -0.2) is 35.0 Å². The lowest BCUT2D eigenvalue weighted by Gasteiger charge is -2.24. The molecule has 0 amide bonds. The highest BCUT2D eigenvalue weighted by atomic mass is 32.2. The summed E-state index contributed by atoms with van der Waals surface area (Å²) in [6, 6.07) is 30.9. The van der Waals surface area contributed by atoms with Crippen LogP contribution in [0.3, 0.4) is 0 Å². The number of sulfonamides is 2. The Balaban J connectivity index is 0.000000300. The van der Waals surface area contributed by atoms with Crippen molar-refractivity contribution < 1.29 is 45.4 Å². The number of rotatable bonds is 12. The average molecular weight is 803 g/mol. The van der Waals surface area contributed by atoms with Crippen molar-refractivity contribution in [2.24, 2.45) is 0 Å². The molecule has 4 rings (SSSR count). The second kappa shape index (κ2) is 20.6. The third-order valence-corrected chi connectivity index (χ3v) is 10.9. The van der Waals surface area contributed by atoms with Crippen LogP contribution in [-0.2, 0) is 52.1 Å². The molecule has 0 heterocycles. The first-order chi connectivity index (χ1) is 26.5. The number of nitrogens with zero attached hydrogens (tertiary/aromatic N) is 2. The van der Waals surface area contributed by atoms with Crippen LogP contribution in [0.5, 0.6) is 0 Å². The summed E-state index contributed by atoms with van der Waals surface area (Å²) in [7, 11) is -5.75. The number of carbonyl (C=O) groups excluding carboxylic acids is 2. The highest BCUT2D eigenvalue weighted by Gasteiger charge is 2.31. The van der Waals surface area contributed by atoms with Gasteiger partial charge in [-0.1, -0.05) is 108 Å². The first kappa shape index (κ1) is 44.4. The van der Waals surface area contributed by atoms with Gasteiger partial charge in [-0.05, 0) is 88.1 Å². The maximum Gasteiger partial charge on any atom is 0.515 e. The zero-order valence-corrected chi connectivity index (χ0v) is 34.2. The van der Waals surface area contributed by atoms with Crippen LogP contribution in [0, 0.1) is 13.8 Å². The predicted molar refractivity (Wildman–Crippen MR) is 211 cm³/mol. The number of carbonyl (C=O) groups is 2. The standard InChI is InChI=1S/2C21H23NO5S/c2*1-16(2)14-20(27-21(23)26-4)22(15-18-8-6-5-7-9-18)28(24,25)19-12-10-17(3)11-13-19/h2*5-13H,15H2,1-4H3. The van der Waals surface area contributed by atoms with Crippen molar-refractivity contribution in [3.63, 3.8) is 0 Å². The molecule has 0 aromatic heterocycles. The van der Waals surface area contributed by atoms with E-state index in [9.17, 15) is 26.4 Å². The lowest BCUT2D eigenvalue weighted by atomic mass is 10.2. The molecule has 0 aliphatic rings. The minimum absolute atomic E-state index is 0.0380. The molecule has 0 N–H and O–H groups in total. The SMILES string of the molecule is COC(=O)OC(=C=C(C)C)N(Cc1ccccc1)S(=O)(=O)c1ccc(C)cc1.COC(=O)OC(=C=C(C)C)N(Cc1ccccc1)S(=O)(=O)c1ccc(C)cc1. The van der Waals surface area contributed by atoms with E-state index in [1.807, 2.05) is 26.0 Å². The summed E-state index contributed by atoms with van der Waals surface area (Å²) in [4.78, 5) is 23.6. The van der Waals surface area contributed by atoms with Crippen molar-refractivity contribution >= 4 is 32.4 Å². The second-order valence-electron chi connectivity index (χ2n) is 12.6. The Morgan fingerprint density at radius 1 is 0.518 bits per heavy atom. The van der Waals surface area contributed by atoms with Crippen LogP contribution < -0.4 is 0 Å². The zero-order valence-electron chi connectivity index (χ0n) is 32.6. The maximum atomic E-state index is 13.4. The molecular weight excluding hydrogens is 757 g/mol. The van der Waals surface area contributed by atoms with Gasteiger partial charge in [0.05, 0.1) is 37.1 Å². The number of ether oxygens (including phenoxy) is 4. The topological polar surface area (TPSA) is 146 Å². The van der Waals surface area contributed by atoms with Gasteiger partial charge >= 0.3 is 12.3 Å². The van der Waals surface area contributed by atoms with Gasteiger partial charge < -0.3 is 18.9 Å². The van der Waals surface area contributed by atoms with E-state index in [1.54, 1.807) is 100 Å². The van der Waals surface area contributed by atoms with Gasteiger partial charge in [-0.15, -0.1) is 0 Å². The van der Waals surface area contributed by atoms with Gasteiger partial charge in [-0.3, -0.25) is 0 Å². The van der Waals surface area contributed by atoms with Crippen LogP contribution in [0.15, 0.2) is 153 Å². The second-order valence-corrected chi connectivity index (χ2v) is 16.3. The number of allylic oxidation sites excluding steroid dienone is 2. The fraction of sp³-hybridized carbons (Fsp3) is 0.238. The molecule has 0 spiro atoms. The first-order valence-electron chi connectivity index (χ1n) is 17.1. The van der Waals surface area contributed by atoms with E-state index in [-0.39, 0.29) is 34.6 Å². The van der Waals surface area contributed by atoms with Crippen molar-refractivity contribution in [3.8, 4) is 0 Å². The number of methoxy groups -OCH3 is 2. The highest BCUT2D eigenvalue weighted by Crippen LogP contribution is 2.26. The lowest BCUT2D eigenvalue weighted by Crippen LogP contribution is -2.32. The molecule has 0 saturated carbocycles. The predicted octanol–water partition coefficient (Wildman–Crippen LogP) is 8.75. The van der Waals surface area contributed by atoms with Crippen molar-refractivity contribution in [1.82, 2.24) is 8.61 Å². The number of benzene rings is 4. The van der Waals surface area contributed by atoms with Crippen LogP contribution in [-0.4, -0.2) is 52.0 Å². The summed E-state index contributed by atoms with van der Waals surface area (Å²) >= 11 is 0. The molecule has 0 radical (unpaired) electrons. The molecule has 0 unspecified atom stereocenters. The van der Waals surface area contributed by atoms with Crippen molar-refractivity contribution in [1.29, 1.82) is 0 Å². The first-order valence-corrected chi connectivity index (χ1v) is 20.0. The molecule has 14 heteroatoms. The molecule has 0 fully saturated rings. The van der Waals surface area contributed by atoms with Gasteiger partial charge in [0.15, 0.2) is 0 Å². The molecule has 0 saturated heterocycles. The van der Waals surface area contributed by atoms with Crippen molar-refractivity contribution in [2.75, 3.05) is 14.2 Å². The summed E-state index contributed by atoms with van der Waals surface area (Å²) < 4.78 is 74.9. The summed E-state index contributed by atoms with van der Waals surface area (Å²) in [5.41, 5.74) is 10.2. The highest BCUT2D eigenvalue weighted by molar-refractivity contribution is 7.89. The molecular formula is C42H46N2O10S2. The van der Waals surface area contributed by atoms with E-state index in [2.05, 4.69) is 20.9 Å². The Kier molecular flexibility index (Phi) is 16.3. The number of hydrogen-bond acceptors (Lipinski definition) is 10. The fourth-order valence-corrected chi connectivity index (χ4v) is 7.36. The minimum atomic E-state index is -4.03. The van der Waals surface area contributed by atoms with Gasteiger partial charge in [-0.2, -0.15) is 0 Å². The van der Waals surface area contributed by atoms with E-state index in [0.29, 0.717) is 11.1 Å². The van der Waals surface area contributed by atoms with Gasteiger partial charge in [0.2, 0.25) is 0 Å². The van der Waals surface area contributed by atoms with E-state index < -0.39 is 32.4 Å². The van der Waals surface area contributed by atoms with Crippen LogP contribution in [0.4, 0.5) is 9.59 Å².